The van der Waals surface area contributed by atoms with E-state index in [0.29, 0.717) is 11.9 Å². The number of pyridine rings is 1. The highest BCUT2D eigenvalue weighted by molar-refractivity contribution is 5.58. The van der Waals surface area contributed by atoms with Crippen molar-refractivity contribution in [3.8, 4) is 11.5 Å². The fourth-order valence-electron chi connectivity index (χ4n) is 3.44. The lowest BCUT2D eigenvalue weighted by atomic mass is 10.0. The van der Waals surface area contributed by atoms with Gasteiger partial charge in [0.2, 0.25) is 0 Å². The standard InChI is InChI=1S/C21H27N7O/c1-4-16-12-19(24-13-23-16)28-9-6-17(7-10-28)25-18-11-15(5-8-22-18)21-26-20(14(2)3)27-29-21/h5,8,11-14,17H,4,6-7,9-10H2,1-3H3,(H,22,25). The second-order valence-electron chi connectivity index (χ2n) is 7.67. The summed E-state index contributed by atoms with van der Waals surface area (Å²) in [7, 11) is 0. The summed E-state index contributed by atoms with van der Waals surface area (Å²) in [5.74, 6) is 3.34. The maximum absolute atomic E-state index is 5.40. The molecule has 0 atom stereocenters. The number of piperidine rings is 1. The summed E-state index contributed by atoms with van der Waals surface area (Å²) in [6, 6.07) is 6.33. The molecule has 3 aromatic rings. The Morgan fingerprint density at radius 3 is 2.72 bits per heavy atom. The molecule has 3 aromatic heterocycles. The van der Waals surface area contributed by atoms with E-state index in [1.807, 2.05) is 26.0 Å². The normalized spacial score (nSPS) is 15.1. The van der Waals surface area contributed by atoms with Gasteiger partial charge in [0, 0.05) is 48.6 Å². The van der Waals surface area contributed by atoms with Crippen molar-refractivity contribution in [2.45, 2.75) is 52.0 Å². The Morgan fingerprint density at radius 2 is 2.00 bits per heavy atom. The Bertz CT molecular complexity index is 947. The van der Waals surface area contributed by atoms with Gasteiger partial charge < -0.3 is 14.7 Å². The van der Waals surface area contributed by atoms with Gasteiger partial charge in [-0.05, 0) is 31.4 Å². The van der Waals surface area contributed by atoms with E-state index in [1.54, 1.807) is 12.5 Å². The summed E-state index contributed by atoms with van der Waals surface area (Å²) in [4.78, 5) is 20.0. The lowest BCUT2D eigenvalue weighted by Gasteiger charge is -2.33. The Kier molecular flexibility index (Phi) is 5.69. The van der Waals surface area contributed by atoms with E-state index in [-0.39, 0.29) is 5.92 Å². The van der Waals surface area contributed by atoms with E-state index in [1.165, 1.54) is 0 Å². The van der Waals surface area contributed by atoms with E-state index in [0.717, 1.165) is 61.1 Å². The van der Waals surface area contributed by atoms with Gasteiger partial charge in [0.1, 0.15) is 18.0 Å². The lowest BCUT2D eigenvalue weighted by Crippen LogP contribution is -2.39. The van der Waals surface area contributed by atoms with Crippen molar-refractivity contribution in [3.63, 3.8) is 0 Å². The molecule has 4 heterocycles. The molecule has 0 spiro atoms. The summed E-state index contributed by atoms with van der Waals surface area (Å²) in [5.41, 5.74) is 1.96. The van der Waals surface area contributed by atoms with Crippen molar-refractivity contribution >= 4 is 11.6 Å². The van der Waals surface area contributed by atoms with E-state index >= 15 is 0 Å². The third kappa shape index (κ3) is 4.52. The van der Waals surface area contributed by atoms with Crippen LogP contribution in [0.5, 0.6) is 0 Å². The zero-order valence-electron chi connectivity index (χ0n) is 17.2. The van der Waals surface area contributed by atoms with Gasteiger partial charge in [0.15, 0.2) is 5.82 Å². The minimum Gasteiger partial charge on any atom is -0.367 e. The lowest BCUT2D eigenvalue weighted by molar-refractivity contribution is 0.419. The van der Waals surface area contributed by atoms with Crippen LogP contribution in [0.4, 0.5) is 11.6 Å². The summed E-state index contributed by atoms with van der Waals surface area (Å²) < 4.78 is 5.40. The minimum absolute atomic E-state index is 0.236. The zero-order valence-corrected chi connectivity index (χ0v) is 17.2. The van der Waals surface area contributed by atoms with E-state index in [9.17, 15) is 0 Å². The Balaban J connectivity index is 1.38. The SMILES string of the molecule is CCc1cc(N2CCC(Nc3cc(-c4nc(C(C)C)no4)ccn3)CC2)ncn1. The molecular formula is C21H27N7O. The Labute approximate surface area is 170 Å². The van der Waals surface area contributed by atoms with Crippen LogP contribution in [0, 0.1) is 0 Å². The molecule has 0 aromatic carbocycles. The predicted octanol–water partition coefficient (Wildman–Crippen LogP) is 3.69. The van der Waals surface area contributed by atoms with Crippen LogP contribution in [0.25, 0.3) is 11.5 Å². The molecule has 1 fully saturated rings. The predicted molar refractivity (Wildman–Crippen MR) is 112 cm³/mol. The first kappa shape index (κ1) is 19.3. The number of rotatable bonds is 6. The quantitative estimate of drug-likeness (QED) is 0.678. The van der Waals surface area contributed by atoms with Crippen LogP contribution in [0.3, 0.4) is 0 Å². The Hall–Kier alpha value is -3.03. The second-order valence-corrected chi connectivity index (χ2v) is 7.67. The summed E-state index contributed by atoms with van der Waals surface area (Å²) >= 11 is 0. The van der Waals surface area contributed by atoms with Crippen LogP contribution in [0.1, 0.15) is 51.0 Å². The molecule has 8 nitrogen and oxygen atoms in total. The van der Waals surface area contributed by atoms with Gasteiger partial charge in [-0.1, -0.05) is 25.9 Å². The molecule has 0 radical (unpaired) electrons. The molecule has 1 N–H and O–H groups in total. The molecule has 0 bridgehead atoms. The molecule has 0 unspecified atom stereocenters. The van der Waals surface area contributed by atoms with Gasteiger partial charge in [0.05, 0.1) is 0 Å². The maximum atomic E-state index is 5.40. The maximum Gasteiger partial charge on any atom is 0.258 e. The number of nitrogens with one attached hydrogen (secondary N) is 1. The molecule has 0 saturated carbocycles. The van der Waals surface area contributed by atoms with Gasteiger partial charge >= 0.3 is 0 Å². The third-order valence-corrected chi connectivity index (χ3v) is 5.21. The minimum atomic E-state index is 0.236. The topological polar surface area (TPSA) is 92.9 Å². The zero-order chi connectivity index (χ0) is 20.2. The van der Waals surface area contributed by atoms with Crippen LogP contribution in [0.2, 0.25) is 0 Å². The van der Waals surface area contributed by atoms with E-state index in [4.69, 9.17) is 4.52 Å². The largest absolute Gasteiger partial charge is 0.367 e. The molecule has 29 heavy (non-hydrogen) atoms. The number of hydrogen-bond acceptors (Lipinski definition) is 8. The highest BCUT2D eigenvalue weighted by Crippen LogP contribution is 2.24. The van der Waals surface area contributed by atoms with E-state index < -0.39 is 0 Å². The van der Waals surface area contributed by atoms with E-state index in [2.05, 4.69) is 48.3 Å². The van der Waals surface area contributed by atoms with Gasteiger partial charge in [-0.25, -0.2) is 15.0 Å². The second kappa shape index (κ2) is 8.55. The fraction of sp³-hybridized carbons (Fsp3) is 0.476. The fourth-order valence-corrected chi connectivity index (χ4v) is 3.44. The Morgan fingerprint density at radius 1 is 1.17 bits per heavy atom. The number of aromatic nitrogens is 5. The highest BCUT2D eigenvalue weighted by Gasteiger charge is 2.21. The third-order valence-electron chi connectivity index (χ3n) is 5.21. The monoisotopic (exact) mass is 393 g/mol. The average Bonchev–Trinajstić information content (AvgIpc) is 3.25. The van der Waals surface area contributed by atoms with Crippen LogP contribution in [-0.4, -0.2) is 44.2 Å². The molecule has 0 aliphatic carbocycles. The van der Waals surface area contributed by atoms with Gasteiger partial charge in [-0.3, -0.25) is 0 Å². The number of hydrogen-bond donors (Lipinski definition) is 1. The van der Waals surface area contributed by atoms with Gasteiger partial charge in [0.25, 0.3) is 5.89 Å². The van der Waals surface area contributed by atoms with Crippen LogP contribution in [-0.2, 0) is 6.42 Å². The first-order chi connectivity index (χ1) is 14.1. The summed E-state index contributed by atoms with van der Waals surface area (Å²) in [6.45, 7) is 8.12. The highest BCUT2D eigenvalue weighted by atomic mass is 16.5. The van der Waals surface area contributed by atoms with Crippen molar-refractivity contribution < 1.29 is 4.52 Å². The molecular weight excluding hydrogens is 366 g/mol. The molecule has 4 rings (SSSR count). The number of nitrogens with zero attached hydrogens (tertiary/aromatic N) is 6. The average molecular weight is 393 g/mol. The van der Waals surface area contributed by atoms with Gasteiger partial charge in [-0.2, -0.15) is 4.98 Å². The molecule has 1 saturated heterocycles. The molecule has 1 aliphatic rings. The number of anilines is 2. The smallest absolute Gasteiger partial charge is 0.258 e. The first-order valence-corrected chi connectivity index (χ1v) is 10.2. The number of aryl methyl sites for hydroxylation is 1. The van der Waals surface area contributed by atoms with Gasteiger partial charge in [-0.15, -0.1) is 0 Å². The molecule has 1 aliphatic heterocycles. The van der Waals surface area contributed by atoms with Crippen molar-refractivity contribution in [3.05, 3.63) is 42.2 Å². The van der Waals surface area contributed by atoms with Crippen molar-refractivity contribution in [1.29, 1.82) is 0 Å². The molecule has 0 amide bonds. The van der Waals surface area contributed by atoms with Crippen molar-refractivity contribution in [2.24, 2.45) is 0 Å². The van der Waals surface area contributed by atoms with Crippen LogP contribution >= 0.6 is 0 Å². The first-order valence-electron chi connectivity index (χ1n) is 10.2. The summed E-state index contributed by atoms with van der Waals surface area (Å²) in [5, 5.41) is 7.60. The van der Waals surface area contributed by atoms with Crippen LogP contribution < -0.4 is 10.2 Å². The molecule has 152 valence electrons. The molecule has 8 heteroatoms. The van der Waals surface area contributed by atoms with Crippen molar-refractivity contribution in [2.75, 3.05) is 23.3 Å². The van der Waals surface area contributed by atoms with Crippen LogP contribution in [0.15, 0.2) is 35.2 Å². The van der Waals surface area contributed by atoms with Crippen molar-refractivity contribution in [1.82, 2.24) is 25.1 Å². The summed E-state index contributed by atoms with van der Waals surface area (Å²) in [6.07, 6.45) is 6.41.